The highest BCUT2D eigenvalue weighted by molar-refractivity contribution is 5.86. The van der Waals surface area contributed by atoms with Gasteiger partial charge in [0.25, 0.3) is 0 Å². The second-order valence-corrected chi connectivity index (χ2v) is 8.34. The molecule has 2 saturated heterocycles. The van der Waals surface area contributed by atoms with Gasteiger partial charge in [-0.3, -0.25) is 9.69 Å². The van der Waals surface area contributed by atoms with Gasteiger partial charge in [-0.15, -0.1) is 5.10 Å². The average Bonchev–Trinajstić information content (AvgIpc) is 3.09. The van der Waals surface area contributed by atoms with E-state index in [9.17, 15) is 4.79 Å². The van der Waals surface area contributed by atoms with Crippen LogP contribution in [0.4, 0.5) is 5.82 Å². The molecule has 150 valence electrons. The third-order valence-corrected chi connectivity index (χ3v) is 6.62. The van der Waals surface area contributed by atoms with Gasteiger partial charge in [0.2, 0.25) is 5.91 Å². The van der Waals surface area contributed by atoms with Gasteiger partial charge in [-0.1, -0.05) is 24.5 Å². The second kappa shape index (κ2) is 7.27. The molecule has 0 spiro atoms. The zero-order valence-electron chi connectivity index (χ0n) is 16.5. The first-order valence-electron chi connectivity index (χ1n) is 10.5. The highest BCUT2D eigenvalue weighted by Crippen LogP contribution is 2.29. The fraction of sp³-hybridized carbons (Fsp3) is 0.737. The summed E-state index contributed by atoms with van der Waals surface area (Å²) in [7, 11) is 1.82. The first kappa shape index (κ1) is 17.8. The molecule has 4 heterocycles. The predicted octanol–water partition coefficient (Wildman–Crippen LogP) is 0.671. The molecule has 9 heteroatoms. The average molecular weight is 384 g/mol. The number of anilines is 1. The monoisotopic (exact) mass is 384 g/mol. The topological polar surface area (TPSA) is 83.3 Å². The number of amides is 1. The summed E-state index contributed by atoms with van der Waals surface area (Å²) in [5.41, 5.74) is 1.43. The highest BCUT2D eigenvalue weighted by atomic mass is 16.2. The minimum atomic E-state index is 0.0583. The number of nitrogens with zero attached hydrogens (tertiary/aromatic N) is 8. The molecule has 0 bridgehead atoms. The molecule has 0 N–H and O–H groups in total. The number of carbonyl (C=O) groups is 1. The van der Waals surface area contributed by atoms with E-state index < -0.39 is 0 Å². The van der Waals surface area contributed by atoms with E-state index in [0.717, 1.165) is 43.7 Å². The molecule has 3 aliphatic rings. The van der Waals surface area contributed by atoms with Crippen molar-refractivity contribution in [3.8, 4) is 0 Å². The van der Waals surface area contributed by atoms with Crippen LogP contribution < -0.4 is 4.90 Å². The van der Waals surface area contributed by atoms with E-state index in [1.807, 2.05) is 7.05 Å². The minimum Gasteiger partial charge on any atom is -0.353 e. The molecule has 2 aromatic heterocycles. The summed E-state index contributed by atoms with van der Waals surface area (Å²) in [5.74, 6) is 1.14. The summed E-state index contributed by atoms with van der Waals surface area (Å²) in [6.07, 6.45) is 8.33. The molecule has 2 aliphatic heterocycles. The quantitative estimate of drug-likeness (QED) is 0.769. The molecular weight excluding hydrogens is 356 g/mol. The van der Waals surface area contributed by atoms with Crippen molar-refractivity contribution in [2.45, 2.75) is 38.1 Å². The van der Waals surface area contributed by atoms with E-state index in [4.69, 9.17) is 0 Å². The molecule has 28 heavy (non-hydrogen) atoms. The van der Waals surface area contributed by atoms with Gasteiger partial charge < -0.3 is 9.80 Å². The lowest BCUT2D eigenvalue weighted by molar-refractivity contribution is -0.138. The third kappa shape index (κ3) is 3.11. The van der Waals surface area contributed by atoms with Crippen molar-refractivity contribution in [3.05, 3.63) is 6.33 Å². The van der Waals surface area contributed by atoms with Crippen LogP contribution in [0.25, 0.3) is 11.2 Å². The zero-order chi connectivity index (χ0) is 19.1. The van der Waals surface area contributed by atoms with Crippen LogP contribution in [0, 0.1) is 5.92 Å². The standard InChI is InChI=1S/C19H28N8O/c1-24-17-16(22-23-24)18(21-13-20-17)27-11-14(12-27)19(28)26-9-7-25(8-10-26)15-5-3-2-4-6-15/h13-15H,2-12H2,1H3. The second-order valence-electron chi connectivity index (χ2n) is 8.34. The van der Waals surface area contributed by atoms with E-state index >= 15 is 0 Å². The van der Waals surface area contributed by atoms with Crippen molar-refractivity contribution in [2.24, 2.45) is 13.0 Å². The molecular formula is C19H28N8O. The van der Waals surface area contributed by atoms with Crippen LogP contribution in [-0.2, 0) is 11.8 Å². The molecule has 0 unspecified atom stereocenters. The van der Waals surface area contributed by atoms with Gasteiger partial charge in [0, 0.05) is 52.4 Å². The lowest BCUT2D eigenvalue weighted by Crippen LogP contribution is -2.59. The van der Waals surface area contributed by atoms with Gasteiger partial charge in [0.1, 0.15) is 6.33 Å². The SMILES string of the molecule is Cn1nnc2c(N3CC(C(=O)N4CCN(C5CCCCC5)CC4)C3)ncnc21. The summed E-state index contributed by atoms with van der Waals surface area (Å²) in [6, 6.07) is 0.748. The Bertz CT molecular complexity index is 847. The van der Waals surface area contributed by atoms with Crippen LogP contribution in [-0.4, -0.2) is 86.0 Å². The molecule has 3 fully saturated rings. The molecule has 0 radical (unpaired) electrons. The zero-order valence-corrected chi connectivity index (χ0v) is 16.5. The molecule has 1 aliphatic carbocycles. The normalized spacial score (nSPS) is 22.6. The van der Waals surface area contributed by atoms with Crippen molar-refractivity contribution in [2.75, 3.05) is 44.2 Å². The lowest BCUT2D eigenvalue weighted by atomic mass is 9.93. The van der Waals surface area contributed by atoms with E-state index in [-0.39, 0.29) is 5.92 Å². The molecule has 2 aromatic rings. The van der Waals surface area contributed by atoms with Crippen LogP contribution in [0.15, 0.2) is 6.33 Å². The minimum absolute atomic E-state index is 0.0583. The van der Waals surface area contributed by atoms with Gasteiger partial charge in [-0.25, -0.2) is 14.6 Å². The van der Waals surface area contributed by atoms with Gasteiger partial charge in [-0.2, -0.15) is 0 Å². The number of aryl methyl sites for hydroxylation is 1. The number of piperazine rings is 1. The highest BCUT2D eigenvalue weighted by Gasteiger charge is 2.38. The van der Waals surface area contributed by atoms with Crippen molar-refractivity contribution in [1.29, 1.82) is 0 Å². The van der Waals surface area contributed by atoms with Crippen LogP contribution in [0.3, 0.4) is 0 Å². The Hall–Kier alpha value is -2.29. The summed E-state index contributed by atoms with van der Waals surface area (Å²) >= 11 is 0. The fourth-order valence-corrected chi connectivity index (χ4v) is 4.89. The largest absolute Gasteiger partial charge is 0.353 e. The van der Waals surface area contributed by atoms with Crippen molar-refractivity contribution in [1.82, 2.24) is 34.8 Å². The molecule has 1 amide bonds. The first-order chi connectivity index (χ1) is 13.7. The van der Waals surface area contributed by atoms with E-state index in [1.165, 1.54) is 32.1 Å². The molecule has 0 aromatic carbocycles. The summed E-state index contributed by atoms with van der Waals surface area (Å²) in [4.78, 5) is 28.3. The third-order valence-electron chi connectivity index (χ3n) is 6.62. The van der Waals surface area contributed by atoms with E-state index in [2.05, 4.69) is 35.0 Å². The Balaban J connectivity index is 1.16. The summed E-state index contributed by atoms with van der Waals surface area (Å²) in [6.45, 7) is 5.19. The predicted molar refractivity (Wildman–Crippen MR) is 105 cm³/mol. The number of hydrogen-bond donors (Lipinski definition) is 0. The molecule has 0 atom stereocenters. The Morgan fingerprint density at radius 2 is 1.79 bits per heavy atom. The van der Waals surface area contributed by atoms with Crippen LogP contribution in [0.2, 0.25) is 0 Å². The van der Waals surface area contributed by atoms with Crippen LogP contribution in [0.5, 0.6) is 0 Å². The van der Waals surface area contributed by atoms with Crippen molar-refractivity contribution in [3.63, 3.8) is 0 Å². The van der Waals surface area contributed by atoms with E-state index in [0.29, 0.717) is 24.5 Å². The van der Waals surface area contributed by atoms with E-state index in [1.54, 1.807) is 11.0 Å². The molecule has 5 rings (SSSR count). The number of hydrogen-bond acceptors (Lipinski definition) is 7. The molecule has 9 nitrogen and oxygen atoms in total. The lowest BCUT2D eigenvalue weighted by Gasteiger charge is -2.45. The maximum atomic E-state index is 12.9. The fourth-order valence-electron chi connectivity index (χ4n) is 4.89. The first-order valence-corrected chi connectivity index (χ1v) is 10.5. The number of rotatable bonds is 3. The number of fused-ring (bicyclic) bond motifs is 1. The molecule has 1 saturated carbocycles. The Morgan fingerprint density at radius 1 is 1.04 bits per heavy atom. The van der Waals surface area contributed by atoms with Crippen molar-refractivity contribution >= 4 is 22.9 Å². The number of aromatic nitrogens is 5. The van der Waals surface area contributed by atoms with Gasteiger partial charge >= 0.3 is 0 Å². The Kier molecular flexibility index (Phi) is 4.62. The van der Waals surface area contributed by atoms with Gasteiger partial charge in [-0.05, 0) is 12.8 Å². The van der Waals surface area contributed by atoms with Gasteiger partial charge in [0.15, 0.2) is 17.0 Å². The maximum Gasteiger partial charge on any atom is 0.229 e. The van der Waals surface area contributed by atoms with Gasteiger partial charge in [0.05, 0.1) is 5.92 Å². The number of carbonyl (C=O) groups excluding carboxylic acids is 1. The smallest absolute Gasteiger partial charge is 0.229 e. The summed E-state index contributed by atoms with van der Waals surface area (Å²) < 4.78 is 1.65. The Morgan fingerprint density at radius 3 is 2.54 bits per heavy atom. The Labute approximate surface area is 164 Å². The maximum absolute atomic E-state index is 12.9. The van der Waals surface area contributed by atoms with Crippen LogP contribution in [0.1, 0.15) is 32.1 Å². The summed E-state index contributed by atoms with van der Waals surface area (Å²) in [5, 5.41) is 8.21. The van der Waals surface area contributed by atoms with Crippen LogP contribution >= 0.6 is 0 Å². The van der Waals surface area contributed by atoms with Crippen molar-refractivity contribution < 1.29 is 4.79 Å².